The number of hydrogen-bond acceptors (Lipinski definition) is 5. The Hall–Kier alpha value is -3.10. The van der Waals surface area contributed by atoms with Gasteiger partial charge in [-0.1, -0.05) is 23.8 Å². The van der Waals surface area contributed by atoms with Gasteiger partial charge in [0.05, 0.1) is 16.4 Å². The lowest BCUT2D eigenvalue weighted by molar-refractivity contribution is -0.352. The number of hydrazone groups is 1. The molecule has 9 heteroatoms. The number of benzene rings is 2. The summed E-state index contributed by atoms with van der Waals surface area (Å²) in [5.41, 5.74) is 1.07. The summed E-state index contributed by atoms with van der Waals surface area (Å²) in [4.78, 5) is 12.1. The molecule has 1 aliphatic rings. The minimum absolute atomic E-state index is 0.0989. The minimum atomic E-state index is -4.48. The maximum atomic E-state index is 13.0. The van der Waals surface area contributed by atoms with Crippen molar-refractivity contribution in [3.63, 3.8) is 0 Å². The van der Waals surface area contributed by atoms with Gasteiger partial charge < -0.3 is 15.0 Å². The Kier molecular flexibility index (Phi) is 4.54. The fourth-order valence-electron chi connectivity index (χ4n) is 2.59. The fourth-order valence-corrected chi connectivity index (χ4v) is 2.59. The largest absolute Gasteiger partial charge is 0.416 e. The van der Waals surface area contributed by atoms with Crippen molar-refractivity contribution in [3.8, 4) is 0 Å². The maximum Gasteiger partial charge on any atom is 0.416 e. The monoisotopic (exact) mass is 364 g/mol. The molecule has 0 unspecified atom stereocenters. The molecule has 0 amide bonds. The number of hydrogen-bond donors (Lipinski definition) is 0. The van der Waals surface area contributed by atoms with Crippen LogP contribution in [0, 0.1) is 17.0 Å². The minimum Gasteiger partial charge on any atom is -0.358 e. The van der Waals surface area contributed by atoms with Gasteiger partial charge in [-0.25, -0.2) is 0 Å². The SMILES string of the molecule is Cc1ccc(N2CN(c3cccc(C(F)(F)F)c3)CC([N+](=O)[O-])=N2)cc1. The number of alkyl halides is 3. The summed E-state index contributed by atoms with van der Waals surface area (Å²) >= 11 is 0. The molecule has 136 valence electrons. The van der Waals surface area contributed by atoms with Crippen molar-refractivity contribution >= 4 is 17.2 Å². The lowest BCUT2D eigenvalue weighted by Gasteiger charge is -2.30. The van der Waals surface area contributed by atoms with Crippen LogP contribution < -0.4 is 9.91 Å². The van der Waals surface area contributed by atoms with E-state index in [1.54, 1.807) is 12.1 Å². The van der Waals surface area contributed by atoms with Crippen LogP contribution >= 0.6 is 0 Å². The standard InChI is InChI=1S/C17H15F3N4O2/c1-12-5-7-14(8-6-12)23-11-22(10-16(21-23)24(25)26)15-4-2-3-13(9-15)17(18,19)20/h2-9H,10-11H2,1H3. The summed E-state index contributed by atoms with van der Waals surface area (Å²) in [5.74, 6) is -0.339. The molecule has 0 saturated carbocycles. The molecule has 2 aromatic rings. The molecule has 0 spiro atoms. The quantitative estimate of drug-likeness (QED) is 0.599. The van der Waals surface area contributed by atoms with E-state index in [2.05, 4.69) is 5.10 Å². The van der Waals surface area contributed by atoms with E-state index in [1.165, 1.54) is 22.0 Å². The van der Waals surface area contributed by atoms with Crippen LogP contribution in [-0.4, -0.2) is 24.0 Å². The first kappa shape index (κ1) is 17.7. The summed E-state index contributed by atoms with van der Waals surface area (Å²) in [6.07, 6.45) is -4.48. The Morgan fingerprint density at radius 3 is 2.42 bits per heavy atom. The molecule has 0 fully saturated rings. The van der Waals surface area contributed by atoms with Crippen LogP contribution in [0.2, 0.25) is 0 Å². The zero-order valence-corrected chi connectivity index (χ0v) is 13.8. The van der Waals surface area contributed by atoms with Gasteiger partial charge in [0.1, 0.15) is 13.2 Å². The van der Waals surface area contributed by atoms with Crippen LogP contribution in [0.1, 0.15) is 11.1 Å². The second-order valence-electron chi connectivity index (χ2n) is 5.90. The smallest absolute Gasteiger partial charge is 0.358 e. The van der Waals surface area contributed by atoms with E-state index >= 15 is 0 Å². The Bertz CT molecular complexity index is 850. The molecule has 3 rings (SSSR count). The first-order chi connectivity index (χ1) is 12.2. The van der Waals surface area contributed by atoms with E-state index in [0.717, 1.165) is 17.7 Å². The van der Waals surface area contributed by atoms with E-state index < -0.39 is 16.7 Å². The highest BCUT2D eigenvalue weighted by Crippen LogP contribution is 2.32. The molecule has 0 radical (unpaired) electrons. The van der Waals surface area contributed by atoms with Crippen molar-refractivity contribution in [2.75, 3.05) is 23.1 Å². The van der Waals surface area contributed by atoms with E-state index in [9.17, 15) is 23.3 Å². The molecule has 0 aliphatic carbocycles. The van der Waals surface area contributed by atoms with Gasteiger partial charge in [0.2, 0.25) is 0 Å². The number of halogens is 3. The summed E-state index contributed by atoms with van der Waals surface area (Å²) in [6, 6.07) is 11.9. The number of nitro groups is 1. The summed E-state index contributed by atoms with van der Waals surface area (Å²) < 4.78 is 38.9. The van der Waals surface area contributed by atoms with Gasteiger partial charge in [-0.05, 0) is 42.2 Å². The van der Waals surface area contributed by atoms with Crippen LogP contribution in [0.3, 0.4) is 0 Å². The summed E-state index contributed by atoms with van der Waals surface area (Å²) in [7, 11) is 0. The molecule has 1 aliphatic heterocycles. The van der Waals surface area contributed by atoms with E-state index in [0.29, 0.717) is 5.69 Å². The van der Waals surface area contributed by atoms with Gasteiger partial charge in [-0.2, -0.15) is 18.2 Å². The predicted octanol–water partition coefficient (Wildman–Crippen LogP) is 3.89. The van der Waals surface area contributed by atoms with Crippen LogP contribution in [-0.2, 0) is 6.18 Å². The highest BCUT2D eigenvalue weighted by Gasteiger charge is 2.33. The Morgan fingerprint density at radius 2 is 1.81 bits per heavy atom. The zero-order chi connectivity index (χ0) is 18.9. The molecular weight excluding hydrogens is 349 g/mol. The molecule has 2 aromatic carbocycles. The van der Waals surface area contributed by atoms with E-state index in [-0.39, 0.29) is 24.7 Å². The molecule has 0 N–H and O–H groups in total. The van der Waals surface area contributed by atoms with Gasteiger partial charge in [0.25, 0.3) is 0 Å². The Labute approximate surface area is 147 Å². The highest BCUT2D eigenvalue weighted by atomic mass is 19.4. The van der Waals surface area contributed by atoms with Gasteiger partial charge in [0, 0.05) is 5.69 Å². The molecule has 6 nitrogen and oxygen atoms in total. The van der Waals surface area contributed by atoms with Crippen molar-refractivity contribution in [1.82, 2.24) is 0 Å². The van der Waals surface area contributed by atoms with Crippen molar-refractivity contribution < 1.29 is 18.1 Å². The molecular formula is C17H15F3N4O2. The van der Waals surface area contributed by atoms with Crippen molar-refractivity contribution in [1.29, 1.82) is 0 Å². The van der Waals surface area contributed by atoms with Crippen LogP contribution in [0.15, 0.2) is 53.6 Å². The molecule has 0 saturated heterocycles. The van der Waals surface area contributed by atoms with Crippen molar-refractivity contribution in [2.24, 2.45) is 5.10 Å². The van der Waals surface area contributed by atoms with E-state index in [1.807, 2.05) is 19.1 Å². The van der Waals surface area contributed by atoms with Crippen molar-refractivity contribution in [2.45, 2.75) is 13.1 Å². The second-order valence-corrected chi connectivity index (χ2v) is 5.90. The van der Waals surface area contributed by atoms with Gasteiger partial charge in [-0.15, -0.1) is 0 Å². The third-order valence-electron chi connectivity index (χ3n) is 3.95. The first-order valence-corrected chi connectivity index (χ1v) is 7.72. The molecule has 0 aromatic heterocycles. The maximum absolute atomic E-state index is 13.0. The average molecular weight is 364 g/mol. The lowest BCUT2D eigenvalue weighted by Crippen LogP contribution is -2.46. The highest BCUT2D eigenvalue weighted by molar-refractivity contribution is 5.82. The Balaban J connectivity index is 1.95. The average Bonchev–Trinajstić information content (AvgIpc) is 2.61. The number of rotatable bonds is 2. The van der Waals surface area contributed by atoms with E-state index in [4.69, 9.17) is 0 Å². The topological polar surface area (TPSA) is 62.0 Å². The molecule has 1 heterocycles. The number of nitrogens with zero attached hydrogens (tertiary/aromatic N) is 4. The third-order valence-corrected chi connectivity index (χ3v) is 3.95. The third kappa shape index (κ3) is 3.76. The van der Waals surface area contributed by atoms with Gasteiger partial charge in [0.15, 0.2) is 0 Å². The van der Waals surface area contributed by atoms with Gasteiger partial charge in [-0.3, -0.25) is 0 Å². The fraction of sp³-hybridized carbons (Fsp3) is 0.235. The van der Waals surface area contributed by atoms with Crippen LogP contribution in [0.4, 0.5) is 24.5 Å². The predicted molar refractivity (Wildman–Crippen MR) is 91.7 cm³/mol. The molecule has 0 atom stereocenters. The lowest BCUT2D eigenvalue weighted by atomic mass is 10.1. The number of aryl methyl sites for hydroxylation is 1. The number of anilines is 2. The van der Waals surface area contributed by atoms with Crippen LogP contribution in [0.5, 0.6) is 0 Å². The summed E-state index contributed by atoms with van der Waals surface area (Å²) in [6.45, 7) is 1.82. The zero-order valence-electron chi connectivity index (χ0n) is 13.8. The Morgan fingerprint density at radius 1 is 1.12 bits per heavy atom. The van der Waals surface area contributed by atoms with Crippen LogP contribution in [0.25, 0.3) is 0 Å². The molecule has 0 bridgehead atoms. The second kappa shape index (κ2) is 6.66. The van der Waals surface area contributed by atoms with Crippen molar-refractivity contribution in [3.05, 3.63) is 69.8 Å². The molecule has 26 heavy (non-hydrogen) atoms. The normalized spacial score (nSPS) is 15.0. The summed E-state index contributed by atoms with van der Waals surface area (Å²) in [5, 5.41) is 16.6. The first-order valence-electron chi connectivity index (χ1n) is 7.72. The van der Waals surface area contributed by atoms with Gasteiger partial charge >= 0.3 is 12.0 Å². The number of amidine groups is 1.